The lowest BCUT2D eigenvalue weighted by atomic mass is 9.90. The first-order valence-electron chi connectivity index (χ1n) is 7.51. The number of ether oxygens (including phenoxy) is 1. The molecule has 0 bridgehead atoms. The number of alkyl halides is 1. The van der Waals surface area contributed by atoms with E-state index in [4.69, 9.17) is 4.74 Å². The molecular weight excluding hydrogens is 352 g/mol. The molecule has 0 N–H and O–H groups in total. The monoisotopic (exact) mass is 368 g/mol. The summed E-state index contributed by atoms with van der Waals surface area (Å²) in [6.45, 7) is 0.283. The molecule has 3 rings (SSSR count). The molecule has 1 atom stereocenters. The van der Waals surface area contributed by atoms with Crippen molar-refractivity contribution >= 4 is 27.5 Å². The van der Waals surface area contributed by atoms with Gasteiger partial charge in [-0.3, -0.25) is 4.79 Å². The maximum absolute atomic E-state index is 12.5. The molecule has 2 nitrogen and oxygen atoms in total. The van der Waals surface area contributed by atoms with E-state index >= 15 is 0 Å². The Morgan fingerprint density at radius 1 is 1.04 bits per heavy atom. The number of esters is 1. The lowest BCUT2D eigenvalue weighted by molar-refractivity contribution is -0.146. The zero-order valence-electron chi connectivity index (χ0n) is 12.6. The third kappa shape index (κ3) is 3.80. The van der Waals surface area contributed by atoms with Gasteiger partial charge in [-0.1, -0.05) is 94.8 Å². The van der Waals surface area contributed by atoms with Crippen molar-refractivity contribution in [3.05, 3.63) is 90.0 Å². The average molecular weight is 369 g/mol. The number of carbonyl (C=O) groups excluding carboxylic acids is 1. The SMILES string of the molecule is O=C(OCc1ccccc1)C1(Br)C=CC=C(c2ccccc2)C1. The number of halogens is 1. The molecule has 1 unspecified atom stereocenters. The molecule has 3 heteroatoms. The van der Waals surface area contributed by atoms with Gasteiger partial charge in [-0.05, 0) is 16.7 Å². The Labute approximate surface area is 144 Å². The second-order valence-corrected chi connectivity index (χ2v) is 6.93. The van der Waals surface area contributed by atoms with Crippen LogP contribution in [0.5, 0.6) is 0 Å². The van der Waals surface area contributed by atoms with Crippen LogP contribution in [0.15, 0.2) is 78.9 Å². The van der Waals surface area contributed by atoms with Gasteiger partial charge >= 0.3 is 5.97 Å². The van der Waals surface area contributed by atoms with Crippen molar-refractivity contribution < 1.29 is 9.53 Å². The van der Waals surface area contributed by atoms with Gasteiger partial charge in [0.05, 0.1) is 0 Å². The van der Waals surface area contributed by atoms with Crippen LogP contribution in [0, 0.1) is 0 Å². The predicted molar refractivity (Wildman–Crippen MR) is 96.1 cm³/mol. The van der Waals surface area contributed by atoms with Crippen molar-refractivity contribution in [2.75, 3.05) is 0 Å². The zero-order chi connectivity index (χ0) is 16.1. The Morgan fingerprint density at radius 2 is 1.70 bits per heavy atom. The first-order chi connectivity index (χ1) is 11.2. The van der Waals surface area contributed by atoms with Gasteiger partial charge in [-0.15, -0.1) is 0 Å². The Kier molecular flexibility index (Phi) is 4.77. The van der Waals surface area contributed by atoms with Gasteiger partial charge in [0.15, 0.2) is 0 Å². The minimum Gasteiger partial charge on any atom is -0.460 e. The summed E-state index contributed by atoms with van der Waals surface area (Å²) in [7, 11) is 0. The van der Waals surface area contributed by atoms with Gasteiger partial charge in [-0.2, -0.15) is 0 Å². The van der Waals surface area contributed by atoms with E-state index in [9.17, 15) is 4.79 Å². The Bertz CT molecular complexity index is 735. The number of carbonyl (C=O) groups is 1. The molecule has 0 spiro atoms. The molecule has 0 amide bonds. The van der Waals surface area contributed by atoms with Gasteiger partial charge in [0, 0.05) is 6.42 Å². The molecule has 0 heterocycles. The van der Waals surface area contributed by atoms with Crippen LogP contribution >= 0.6 is 15.9 Å². The van der Waals surface area contributed by atoms with Crippen LogP contribution < -0.4 is 0 Å². The van der Waals surface area contributed by atoms with Crippen LogP contribution in [0.25, 0.3) is 5.57 Å². The maximum Gasteiger partial charge on any atom is 0.327 e. The second-order valence-electron chi connectivity index (χ2n) is 5.52. The van der Waals surface area contributed by atoms with Crippen molar-refractivity contribution in [1.82, 2.24) is 0 Å². The van der Waals surface area contributed by atoms with E-state index in [1.54, 1.807) is 0 Å². The van der Waals surface area contributed by atoms with E-state index in [-0.39, 0.29) is 12.6 Å². The normalized spacial score (nSPS) is 20.0. The lowest BCUT2D eigenvalue weighted by Crippen LogP contribution is -2.33. The molecule has 1 aliphatic rings. The first kappa shape index (κ1) is 15.8. The Morgan fingerprint density at radius 3 is 2.39 bits per heavy atom. The lowest BCUT2D eigenvalue weighted by Gasteiger charge is -2.26. The molecule has 1 aliphatic carbocycles. The van der Waals surface area contributed by atoms with Crippen molar-refractivity contribution in [2.24, 2.45) is 0 Å². The largest absolute Gasteiger partial charge is 0.460 e. The zero-order valence-corrected chi connectivity index (χ0v) is 14.2. The minimum absolute atomic E-state index is 0.265. The van der Waals surface area contributed by atoms with Crippen LogP contribution in [0.1, 0.15) is 17.5 Å². The molecular formula is C20H17BrO2. The maximum atomic E-state index is 12.5. The standard InChI is InChI=1S/C20H17BrO2/c21-20(19(22)23-15-16-8-3-1-4-9-16)13-7-12-18(14-20)17-10-5-2-6-11-17/h1-13H,14-15H2. The van der Waals surface area contributed by atoms with E-state index < -0.39 is 4.32 Å². The molecule has 0 aromatic heterocycles. The van der Waals surface area contributed by atoms with Crippen LogP contribution in [-0.2, 0) is 16.1 Å². The highest BCUT2D eigenvalue weighted by Gasteiger charge is 2.37. The fourth-order valence-electron chi connectivity index (χ4n) is 2.55. The minimum atomic E-state index is -0.804. The molecule has 2 aromatic rings. The van der Waals surface area contributed by atoms with Crippen molar-refractivity contribution in [3.63, 3.8) is 0 Å². The summed E-state index contributed by atoms with van der Waals surface area (Å²) in [5, 5.41) is 0. The summed E-state index contributed by atoms with van der Waals surface area (Å²) in [5.74, 6) is -0.265. The highest BCUT2D eigenvalue weighted by Crippen LogP contribution is 2.37. The van der Waals surface area contributed by atoms with Gasteiger partial charge in [0.2, 0.25) is 0 Å². The summed E-state index contributed by atoms with van der Waals surface area (Å²) in [6.07, 6.45) is 6.37. The van der Waals surface area contributed by atoms with Crippen molar-refractivity contribution in [3.8, 4) is 0 Å². The molecule has 0 fully saturated rings. The average Bonchev–Trinajstić information content (AvgIpc) is 2.61. The molecule has 0 saturated heterocycles. The summed E-state index contributed by atoms with van der Waals surface area (Å²) in [4.78, 5) is 12.5. The van der Waals surface area contributed by atoms with Gasteiger partial charge in [0.25, 0.3) is 0 Å². The van der Waals surface area contributed by atoms with E-state index in [0.717, 1.165) is 16.7 Å². The Balaban J connectivity index is 1.69. The fraction of sp³-hybridized carbons (Fsp3) is 0.150. The third-order valence-electron chi connectivity index (χ3n) is 3.80. The third-order valence-corrected chi connectivity index (χ3v) is 4.67. The van der Waals surface area contributed by atoms with E-state index in [2.05, 4.69) is 15.9 Å². The summed E-state index contributed by atoms with van der Waals surface area (Å²) in [5.41, 5.74) is 3.22. The number of hydrogen-bond donors (Lipinski definition) is 0. The van der Waals surface area contributed by atoms with Gasteiger partial charge in [-0.25, -0.2) is 0 Å². The molecule has 0 radical (unpaired) electrons. The number of hydrogen-bond acceptors (Lipinski definition) is 2. The highest BCUT2D eigenvalue weighted by atomic mass is 79.9. The first-order valence-corrected chi connectivity index (χ1v) is 8.30. The smallest absolute Gasteiger partial charge is 0.327 e. The number of rotatable bonds is 4. The van der Waals surface area contributed by atoms with Crippen LogP contribution in [-0.4, -0.2) is 10.3 Å². The molecule has 0 saturated carbocycles. The molecule has 23 heavy (non-hydrogen) atoms. The van der Waals surface area contributed by atoms with Gasteiger partial charge in [0.1, 0.15) is 10.9 Å². The predicted octanol–water partition coefficient (Wildman–Crippen LogP) is 4.91. The van der Waals surface area contributed by atoms with Crippen molar-refractivity contribution in [2.45, 2.75) is 17.4 Å². The number of allylic oxidation sites excluding steroid dienone is 3. The van der Waals surface area contributed by atoms with Gasteiger partial charge < -0.3 is 4.74 Å². The fourth-order valence-corrected chi connectivity index (χ4v) is 3.11. The summed E-state index contributed by atoms with van der Waals surface area (Å²) < 4.78 is 4.69. The van der Waals surface area contributed by atoms with E-state index in [1.807, 2.05) is 78.9 Å². The number of benzene rings is 2. The van der Waals surface area contributed by atoms with E-state index in [0.29, 0.717) is 6.42 Å². The molecule has 116 valence electrons. The second kappa shape index (κ2) is 6.97. The summed E-state index contributed by atoms with van der Waals surface area (Å²) >= 11 is 3.57. The van der Waals surface area contributed by atoms with Crippen molar-refractivity contribution in [1.29, 1.82) is 0 Å². The highest BCUT2D eigenvalue weighted by molar-refractivity contribution is 9.10. The topological polar surface area (TPSA) is 26.3 Å². The summed E-state index contributed by atoms with van der Waals surface area (Å²) in [6, 6.07) is 19.8. The molecule has 2 aromatic carbocycles. The van der Waals surface area contributed by atoms with E-state index in [1.165, 1.54) is 0 Å². The van der Waals surface area contributed by atoms with Crippen LogP contribution in [0.4, 0.5) is 0 Å². The van der Waals surface area contributed by atoms with Crippen LogP contribution in [0.2, 0.25) is 0 Å². The molecule has 0 aliphatic heterocycles. The Hall–Kier alpha value is -2.13. The quantitative estimate of drug-likeness (QED) is 0.566. The van der Waals surface area contributed by atoms with Crippen LogP contribution in [0.3, 0.4) is 0 Å².